The number of rotatable bonds is 4. The molecule has 7 heteroatoms. The van der Waals surface area contributed by atoms with Crippen LogP contribution in [0.5, 0.6) is 0 Å². The molecule has 1 atom stereocenters. The van der Waals surface area contributed by atoms with Crippen LogP contribution >= 0.6 is 11.3 Å². The molecule has 1 unspecified atom stereocenters. The number of anilines is 1. The van der Waals surface area contributed by atoms with E-state index in [4.69, 9.17) is 4.42 Å². The van der Waals surface area contributed by atoms with Gasteiger partial charge in [-0.3, -0.25) is 0 Å². The third kappa shape index (κ3) is 3.90. The highest BCUT2D eigenvalue weighted by molar-refractivity contribution is 7.13. The molecule has 1 aliphatic heterocycles. The number of carbonyl (C=O) groups excluding carboxylic acids is 1. The fraction of sp³-hybridized carbons (Fsp3) is 0.529. The Bertz CT molecular complexity index is 653. The Morgan fingerprint density at radius 1 is 1.46 bits per heavy atom. The lowest BCUT2D eigenvalue weighted by atomic mass is 10.1. The van der Waals surface area contributed by atoms with E-state index in [1.807, 2.05) is 41.4 Å². The van der Waals surface area contributed by atoms with Gasteiger partial charge in [-0.25, -0.2) is 9.78 Å². The Morgan fingerprint density at radius 2 is 2.33 bits per heavy atom. The predicted molar refractivity (Wildman–Crippen MR) is 95.3 cm³/mol. The van der Waals surface area contributed by atoms with E-state index >= 15 is 0 Å². The molecule has 3 heterocycles. The number of aromatic nitrogens is 1. The molecule has 2 aromatic heterocycles. The molecule has 0 aliphatic carbocycles. The van der Waals surface area contributed by atoms with Crippen LogP contribution in [-0.4, -0.2) is 36.6 Å². The Hall–Kier alpha value is -2.02. The lowest BCUT2D eigenvalue weighted by Crippen LogP contribution is -2.41. The Labute approximate surface area is 146 Å². The van der Waals surface area contributed by atoms with Gasteiger partial charge in [-0.15, -0.1) is 11.3 Å². The molecule has 0 bridgehead atoms. The third-order valence-electron chi connectivity index (χ3n) is 4.23. The van der Waals surface area contributed by atoms with Crippen LogP contribution in [-0.2, 0) is 6.54 Å². The summed E-state index contributed by atoms with van der Waals surface area (Å²) in [5, 5.41) is 5.95. The number of hydrogen-bond acceptors (Lipinski definition) is 5. The molecule has 0 spiro atoms. The number of thiazole rings is 1. The van der Waals surface area contributed by atoms with Crippen LogP contribution in [0.3, 0.4) is 0 Å². The minimum Gasteiger partial charge on any atom is -0.467 e. The van der Waals surface area contributed by atoms with Gasteiger partial charge in [0.2, 0.25) is 0 Å². The van der Waals surface area contributed by atoms with Crippen molar-refractivity contribution in [1.29, 1.82) is 0 Å². The van der Waals surface area contributed by atoms with Crippen LogP contribution < -0.4 is 10.2 Å². The highest BCUT2D eigenvalue weighted by Gasteiger charge is 2.28. The summed E-state index contributed by atoms with van der Waals surface area (Å²) >= 11 is 1.58. The Morgan fingerprint density at radius 3 is 3.04 bits per heavy atom. The maximum Gasteiger partial charge on any atom is 0.318 e. The van der Waals surface area contributed by atoms with E-state index in [0.717, 1.165) is 48.8 Å². The van der Waals surface area contributed by atoms with Gasteiger partial charge < -0.3 is 19.5 Å². The van der Waals surface area contributed by atoms with E-state index in [9.17, 15) is 4.79 Å². The van der Waals surface area contributed by atoms with Crippen molar-refractivity contribution in [3.8, 4) is 0 Å². The zero-order valence-corrected chi connectivity index (χ0v) is 15.0. The predicted octanol–water partition coefficient (Wildman–Crippen LogP) is 3.63. The zero-order chi connectivity index (χ0) is 16.9. The summed E-state index contributed by atoms with van der Waals surface area (Å²) in [5.41, 5.74) is 0.890. The van der Waals surface area contributed by atoms with Gasteiger partial charge in [-0.2, -0.15) is 0 Å². The van der Waals surface area contributed by atoms with Crippen LogP contribution in [0, 0.1) is 0 Å². The van der Waals surface area contributed by atoms with Crippen molar-refractivity contribution < 1.29 is 9.21 Å². The van der Waals surface area contributed by atoms with Gasteiger partial charge in [0.25, 0.3) is 0 Å². The molecule has 0 saturated carbocycles. The monoisotopic (exact) mass is 348 g/mol. The molecule has 1 aliphatic rings. The maximum absolute atomic E-state index is 12.7. The number of urea groups is 1. The number of carbonyl (C=O) groups is 1. The maximum atomic E-state index is 12.7. The molecule has 3 rings (SSSR count). The van der Waals surface area contributed by atoms with Crippen molar-refractivity contribution in [3.05, 3.63) is 35.2 Å². The van der Waals surface area contributed by atoms with Crippen molar-refractivity contribution in [2.24, 2.45) is 0 Å². The molecule has 24 heavy (non-hydrogen) atoms. The molecule has 2 amide bonds. The lowest BCUT2D eigenvalue weighted by molar-refractivity contribution is 0.166. The number of amides is 2. The summed E-state index contributed by atoms with van der Waals surface area (Å²) in [5.74, 6) is 0.871. The molecule has 6 nitrogen and oxygen atoms in total. The molecule has 1 fully saturated rings. The van der Waals surface area contributed by atoms with E-state index in [1.54, 1.807) is 17.6 Å². The second-order valence-electron chi connectivity index (χ2n) is 6.25. The minimum absolute atomic E-state index is 0.0234. The number of nitrogens with one attached hydrogen (secondary N) is 1. The third-order valence-corrected chi connectivity index (χ3v) is 5.29. The first-order valence-electron chi connectivity index (χ1n) is 8.35. The highest BCUT2D eigenvalue weighted by atomic mass is 32.1. The zero-order valence-electron chi connectivity index (χ0n) is 14.2. The number of hydrogen-bond donors (Lipinski definition) is 1. The van der Waals surface area contributed by atoms with Gasteiger partial charge in [0.05, 0.1) is 24.5 Å². The molecule has 1 N–H and O–H groups in total. The summed E-state index contributed by atoms with van der Waals surface area (Å²) < 4.78 is 5.56. The minimum atomic E-state index is -0.0438. The summed E-state index contributed by atoms with van der Waals surface area (Å²) in [4.78, 5) is 21.1. The summed E-state index contributed by atoms with van der Waals surface area (Å²) in [7, 11) is 3.93. The van der Waals surface area contributed by atoms with Crippen molar-refractivity contribution in [2.45, 2.75) is 38.3 Å². The highest BCUT2D eigenvalue weighted by Crippen LogP contribution is 2.30. The second kappa shape index (κ2) is 7.70. The van der Waals surface area contributed by atoms with Gasteiger partial charge in [-0.05, 0) is 25.0 Å². The lowest BCUT2D eigenvalue weighted by Gasteiger charge is -2.28. The van der Waals surface area contributed by atoms with Crippen LogP contribution in [0.4, 0.5) is 9.93 Å². The van der Waals surface area contributed by atoms with E-state index in [2.05, 4.69) is 10.3 Å². The first-order chi connectivity index (χ1) is 11.6. The van der Waals surface area contributed by atoms with Gasteiger partial charge in [0.15, 0.2) is 5.13 Å². The smallest absolute Gasteiger partial charge is 0.318 e. The van der Waals surface area contributed by atoms with E-state index in [1.165, 1.54) is 0 Å². The van der Waals surface area contributed by atoms with Gasteiger partial charge >= 0.3 is 6.03 Å². The average molecular weight is 348 g/mol. The number of furan rings is 1. The van der Waals surface area contributed by atoms with Gasteiger partial charge in [0.1, 0.15) is 5.76 Å². The largest absolute Gasteiger partial charge is 0.467 e. The van der Waals surface area contributed by atoms with E-state index in [-0.39, 0.29) is 12.1 Å². The molecule has 1 saturated heterocycles. The molecule has 0 radical (unpaired) electrons. The fourth-order valence-corrected chi connectivity index (χ4v) is 3.74. The van der Waals surface area contributed by atoms with Crippen LogP contribution in [0.1, 0.15) is 43.2 Å². The standard InChI is InChI=1S/C17H24N4O2S/c1-20(2)17-19-13(12-24-17)11-18-16(22)21-9-5-3-4-7-14(21)15-8-6-10-23-15/h6,8,10,12,14H,3-5,7,9,11H2,1-2H3,(H,18,22). The van der Waals surface area contributed by atoms with Crippen molar-refractivity contribution in [3.63, 3.8) is 0 Å². The normalized spacial score (nSPS) is 18.2. The van der Waals surface area contributed by atoms with Gasteiger partial charge in [-0.1, -0.05) is 12.8 Å². The van der Waals surface area contributed by atoms with Crippen LogP contribution in [0.25, 0.3) is 0 Å². The fourth-order valence-electron chi connectivity index (χ4n) is 2.98. The second-order valence-corrected chi connectivity index (χ2v) is 7.09. The number of likely N-dealkylation sites (tertiary alicyclic amines) is 1. The van der Waals surface area contributed by atoms with Crippen LogP contribution in [0.2, 0.25) is 0 Å². The van der Waals surface area contributed by atoms with Crippen LogP contribution in [0.15, 0.2) is 28.2 Å². The average Bonchev–Trinajstić information content (AvgIpc) is 3.20. The van der Waals surface area contributed by atoms with Crippen molar-refractivity contribution in [1.82, 2.24) is 15.2 Å². The molecular weight excluding hydrogens is 324 g/mol. The number of nitrogens with zero attached hydrogens (tertiary/aromatic N) is 3. The Kier molecular flexibility index (Phi) is 5.40. The summed E-state index contributed by atoms with van der Waals surface area (Å²) in [6.45, 7) is 1.21. The van der Waals surface area contributed by atoms with Gasteiger partial charge in [0, 0.05) is 26.0 Å². The molecule has 0 aromatic carbocycles. The molecular formula is C17H24N4O2S. The molecule has 130 valence electrons. The first kappa shape index (κ1) is 16.8. The molecule has 2 aromatic rings. The summed E-state index contributed by atoms with van der Waals surface area (Å²) in [6.07, 6.45) is 5.93. The summed E-state index contributed by atoms with van der Waals surface area (Å²) in [6, 6.07) is 3.82. The topological polar surface area (TPSA) is 61.6 Å². The quantitative estimate of drug-likeness (QED) is 0.916. The Balaban J connectivity index is 1.64. The SMILES string of the molecule is CN(C)c1nc(CNC(=O)N2CCCCCC2c2ccco2)cs1. The van der Waals surface area contributed by atoms with Crippen molar-refractivity contribution in [2.75, 3.05) is 25.5 Å². The first-order valence-corrected chi connectivity index (χ1v) is 9.22. The van der Waals surface area contributed by atoms with E-state index in [0.29, 0.717) is 6.54 Å². The van der Waals surface area contributed by atoms with Crippen molar-refractivity contribution >= 4 is 22.5 Å². The van der Waals surface area contributed by atoms with E-state index < -0.39 is 0 Å².